The van der Waals surface area contributed by atoms with Crippen molar-refractivity contribution < 1.29 is 13.2 Å². The van der Waals surface area contributed by atoms with Crippen LogP contribution < -0.4 is 5.32 Å². The molecular formula is C18H27N3O3S. The maximum absolute atomic E-state index is 12.7. The number of nitrogens with zero attached hydrogens (tertiary/aromatic N) is 2. The lowest BCUT2D eigenvalue weighted by Crippen LogP contribution is -2.61. The average Bonchev–Trinajstić information content (AvgIpc) is 2.58. The Hall–Kier alpha value is -1.60. The molecular weight excluding hydrogens is 338 g/mol. The van der Waals surface area contributed by atoms with E-state index in [1.54, 1.807) is 24.3 Å². The van der Waals surface area contributed by atoms with E-state index in [9.17, 15) is 13.2 Å². The third-order valence-electron chi connectivity index (χ3n) is 5.25. The maximum atomic E-state index is 12.7. The van der Waals surface area contributed by atoms with Crippen molar-refractivity contribution in [2.75, 3.05) is 25.9 Å². The predicted octanol–water partition coefficient (Wildman–Crippen LogP) is 1.86. The lowest BCUT2D eigenvalue weighted by molar-refractivity contribution is 0.0345. The van der Waals surface area contributed by atoms with Crippen molar-refractivity contribution in [2.24, 2.45) is 0 Å². The summed E-state index contributed by atoms with van der Waals surface area (Å²) >= 11 is 0. The highest BCUT2D eigenvalue weighted by Gasteiger charge is 2.35. The van der Waals surface area contributed by atoms with E-state index >= 15 is 0 Å². The molecule has 2 unspecified atom stereocenters. The number of hydrogen-bond donors (Lipinski definition) is 1. The van der Waals surface area contributed by atoms with Gasteiger partial charge >= 0.3 is 6.03 Å². The van der Waals surface area contributed by atoms with Crippen LogP contribution in [-0.4, -0.2) is 62.2 Å². The molecule has 7 heteroatoms. The van der Waals surface area contributed by atoms with E-state index in [4.69, 9.17) is 0 Å². The number of piperidine rings is 1. The van der Waals surface area contributed by atoms with Crippen molar-refractivity contribution in [2.45, 2.75) is 49.7 Å². The summed E-state index contributed by atoms with van der Waals surface area (Å²) in [5.74, 6) is 0. The number of benzene rings is 1. The molecule has 0 bridgehead atoms. The van der Waals surface area contributed by atoms with Gasteiger partial charge in [-0.15, -0.1) is 0 Å². The monoisotopic (exact) mass is 365 g/mol. The van der Waals surface area contributed by atoms with E-state index in [0.717, 1.165) is 26.1 Å². The van der Waals surface area contributed by atoms with E-state index in [0.29, 0.717) is 11.6 Å². The highest BCUT2D eigenvalue weighted by Crippen LogP contribution is 2.24. The van der Waals surface area contributed by atoms with Crippen LogP contribution in [0.4, 0.5) is 4.79 Å². The predicted molar refractivity (Wildman–Crippen MR) is 97.2 cm³/mol. The second-order valence-electron chi connectivity index (χ2n) is 7.18. The zero-order valence-electron chi connectivity index (χ0n) is 14.9. The number of nitrogens with one attached hydrogen (secondary N) is 1. The fraction of sp³-hybridized carbons (Fsp3) is 0.611. The smallest absolute Gasteiger partial charge is 0.318 e. The number of rotatable bonds is 3. The second-order valence-corrected chi connectivity index (χ2v) is 9.17. The maximum Gasteiger partial charge on any atom is 0.318 e. The van der Waals surface area contributed by atoms with Crippen LogP contribution in [0, 0.1) is 0 Å². The largest absolute Gasteiger partial charge is 0.334 e. The molecule has 3 rings (SSSR count). The van der Waals surface area contributed by atoms with E-state index in [1.165, 1.54) is 19.1 Å². The summed E-state index contributed by atoms with van der Waals surface area (Å²) in [4.78, 5) is 17.3. The molecule has 25 heavy (non-hydrogen) atoms. The minimum Gasteiger partial charge on any atom is -0.334 e. The van der Waals surface area contributed by atoms with Crippen molar-refractivity contribution in [1.82, 2.24) is 15.1 Å². The fourth-order valence-corrected chi connectivity index (χ4v) is 4.86. The quantitative estimate of drug-likeness (QED) is 0.888. The van der Waals surface area contributed by atoms with E-state index in [-0.39, 0.29) is 23.5 Å². The van der Waals surface area contributed by atoms with E-state index < -0.39 is 9.84 Å². The van der Waals surface area contributed by atoms with Gasteiger partial charge in [0.1, 0.15) is 0 Å². The molecule has 0 saturated carbocycles. The molecule has 2 aliphatic rings. The van der Waals surface area contributed by atoms with Crippen LogP contribution in [-0.2, 0) is 16.4 Å². The summed E-state index contributed by atoms with van der Waals surface area (Å²) in [6.07, 6.45) is 4.82. The van der Waals surface area contributed by atoms with Gasteiger partial charge in [-0.1, -0.05) is 24.6 Å². The van der Waals surface area contributed by atoms with E-state index in [1.807, 2.05) is 4.90 Å². The van der Waals surface area contributed by atoms with Gasteiger partial charge in [-0.25, -0.2) is 13.2 Å². The number of hydrogen-bond acceptors (Lipinski definition) is 4. The molecule has 2 atom stereocenters. The van der Waals surface area contributed by atoms with Crippen LogP contribution in [0.15, 0.2) is 29.2 Å². The van der Waals surface area contributed by atoms with Crippen molar-refractivity contribution in [1.29, 1.82) is 0 Å². The molecule has 1 aromatic rings. The van der Waals surface area contributed by atoms with Gasteiger partial charge in [0.05, 0.1) is 4.90 Å². The molecule has 0 spiro atoms. The minimum absolute atomic E-state index is 0.110. The molecule has 1 aromatic carbocycles. The number of amides is 2. The van der Waals surface area contributed by atoms with Crippen LogP contribution in [0.1, 0.15) is 31.7 Å². The summed E-state index contributed by atoms with van der Waals surface area (Å²) in [7, 11) is -3.30. The number of urea groups is 1. The summed E-state index contributed by atoms with van der Waals surface area (Å²) in [6.45, 7) is 5.10. The molecule has 1 N–H and O–H groups in total. The molecule has 6 nitrogen and oxygen atoms in total. The number of carbonyl (C=O) groups excluding carboxylic acids is 1. The topological polar surface area (TPSA) is 69.7 Å². The highest BCUT2D eigenvalue weighted by atomic mass is 32.2. The lowest BCUT2D eigenvalue weighted by Gasteiger charge is -2.47. The van der Waals surface area contributed by atoms with Crippen LogP contribution in [0.25, 0.3) is 0 Å². The third-order valence-corrected chi connectivity index (χ3v) is 6.45. The van der Waals surface area contributed by atoms with Crippen LogP contribution in [0.3, 0.4) is 0 Å². The number of carbonyl (C=O) groups is 1. The SMILES string of the molecule is CC1CN2CCCCC2CN1C(=O)NCc1ccccc1S(C)(=O)=O. The summed E-state index contributed by atoms with van der Waals surface area (Å²) in [5, 5.41) is 2.91. The van der Waals surface area contributed by atoms with Crippen LogP contribution in [0.5, 0.6) is 0 Å². The van der Waals surface area contributed by atoms with E-state index in [2.05, 4.69) is 17.1 Å². The highest BCUT2D eigenvalue weighted by molar-refractivity contribution is 7.90. The van der Waals surface area contributed by atoms with Crippen LogP contribution in [0.2, 0.25) is 0 Å². The Bertz CT molecular complexity index is 735. The van der Waals surface area contributed by atoms with Gasteiger partial charge in [0.2, 0.25) is 0 Å². The lowest BCUT2D eigenvalue weighted by atomic mass is 9.97. The molecule has 138 valence electrons. The van der Waals surface area contributed by atoms with Gasteiger partial charge in [0, 0.05) is 38.0 Å². The standard InChI is InChI=1S/C18H27N3O3S/c1-14-12-20-10-6-5-8-16(20)13-21(14)18(22)19-11-15-7-3-4-9-17(15)25(2,23)24/h3-4,7,9,14,16H,5-6,8,10-13H2,1-2H3,(H,19,22). The molecule has 0 aliphatic carbocycles. The van der Waals surface area contributed by atoms with Gasteiger partial charge in [-0.05, 0) is 37.9 Å². The Labute approximate surface area is 150 Å². The molecule has 2 heterocycles. The molecule has 2 aliphatic heterocycles. The molecule has 0 aromatic heterocycles. The van der Waals surface area contributed by atoms with Gasteiger partial charge in [-0.3, -0.25) is 4.90 Å². The Morgan fingerprint density at radius 1 is 1.24 bits per heavy atom. The molecule has 2 saturated heterocycles. The summed E-state index contributed by atoms with van der Waals surface area (Å²) in [5.41, 5.74) is 0.627. The fourth-order valence-electron chi connectivity index (χ4n) is 3.92. The zero-order valence-corrected chi connectivity index (χ0v) is 15.8. The minimum atomic E-state index is -3.30. The second kappa shape index (κ2) is 7.33. The Morgan fingerprint density at radius 2 is 2.00 bits per heavy atom. The summed E-state index contributed by atoms with van der Waals surface area (Å²) < 4.78 is 23.8. The summed E-state index contributed by atoms with van der Waals surface area (Å²) in [6, 6.07) is 7.34. The Morgan fingerprint density at radius 3 is 2.76 bits per heavy atom. The Balaban J connectivity index is 1.65. The molecule has 2 amide bonds. The molecule has 0 radical (unpaired) electrons. The third kappa shape index (κ3) is 4.15. The van der Waals surface area contributed by atoms with Crippen molar-refractivity contribution in [3.05, 3.63) is 29.8 Å². The molecule has 2 fully saturated rings. The number of sulfone groups is 1. The van der Waals surface area contributed by atoms with Crippen molar-refractivity contribution in [3.63, 3.8) is 0 Å². The normalized spacial score (nSPS) is 24.6. The van der Waals surface area contributed by atoms with Crippen LogP contribution >= 0.6 is 0 Å². The van der Waals surface area contributed by atoms with Gasteiger partial charge in [-0.2, -0.15) is 0 Å². The van der Waals surface area contributed by atoms with Crippen molar-refractivity contribution in [3.8, 4) is 0 Å². The van der Waals surface area contributed by atoms with Gasteiger partial charge < -0.3 is 10.2 Å². The number of piperazine rings is 1. The first-order valence-corrected chi connectivity index (χ1v) is 10.8. The van der Waals surface area contributed by atoms with Crippen molar-refractivity contribution >= 4 is 15.9 Å². The van der Waals surface area contributed by atoms with Gasteiger partial charge in [0.25, 0.3) is 0 Å². The van der Waals surface area contributed by atoms with Gasteiger partial charge in [0.15, 0.2) is 9.84 Å². The average molecular weight is 365 g/mol. The number of fused-ring (bicyclic) bond motifs is 1. The first-order valence-electron chi connectivity index (χ1n) is 8.93. The zero-order chi connectivity index (χ0) is 18.0. The first-order chi connectivity index (χ1) is 11.9. The Kier molecular flexibility index (Phi) is 5.34. The first kappa shape index (κ1) is 18.2.